The number of nitrogens with one attached hydrogen (secondary N) is 1. The standard InChI is InChI=1S/C12H19N3O/c1-8-7-10(5-6-16-8)15-12-4-3-11(13)9(2)14-12/h3-4,8,10H,5-7,13H2,1-2H3,(H,14,15). The van der Waals surface area contributed by atoms with Gasteiger partial charge in [0.15, 0.2) is 0 Å². The molecule has 88 valence electrons. The molecule has 0 saturated carbocycles. The summed E-state index contributed by atoms with van der Waals surface area (Å²) in [6.07, 6.45) is 2.40. The third kappa shape index (κ3) is 2.64. The molecular weight excluding hydrogens is 202 g/mol. The number of anilines is 2. The fraction of sp³-hybridized carbons (Fsp3) is 0.583. The summed E-state index contributed by atoms with van der Waals surface area (Å²) in [5, 5.41) is 3.43. The topological polar surface area (TPSA) is 60.2 Å². The molecular formula is C12H19N3O. The molecule has 1 aliphatic rings. The predicted octanol–water partition coefficient (Wildman–Crippen LogP) is 1.95. The van der Waals surface area contributed by atoms with Crippen molar-refractivity contribution < 1.29 is 4.74 Å². The van der Waals surface area contributed by atoms with Gasteiger partial charge in [-0.2, -0.15) is 0 Å². The van der Waals surface area contributed by atoms with E-state index in [1.807, 2.05) is 19.1 Å². The Hall–Kier alpha value is -1.29. The number of ether oxygens (including phenoxy) is 1. The number of hydrogen-bond donors (Lipinski definition) is 2. The molecule has 4 heteroatoms. The van der Waals surface area contributed by atoms with Crippen LogP contribution < -0.4 is 11.1 Å². The normalized spacial score (nSPS) is 25.4. The number of pyridine rings is 1. The van der Waals surface area contributed by atoms with Crippen molar-refractivity contribution in [3.63, 3.8) is 0 Å². The van der Waals surface area contributed by atoms with E-state index in [0.717, 1.165) is 36.6 Å². The third-order valence-electron chi connectivity index (χ3n) is 2.96. The maximum Gasteiger partial charge on any atom is 0.126 e. The van der Waals surface area contributed by atoms with Gasteiger partial charge in [-0.15, -0.1) is 0 Å². The van der Waals surface area contributed by atoms with E-state index in [1.54, 1.807) is 0 Å². The van der Waals surface area contributed by atoms with E-state index in [2.05, 4.69) is 17.2 Å². The number of aryl methyl sites for hydroxylation is 1. The van der Waals surface area contributed by atoms with Crippen molar-refractivity contribution >= 4 is 11.5 Å². The van der Waals surface area contributed by atoms with Crippen molar-refractivity contribution in [2.45, 2.75) is 38.8 Å². The zero-order valence-electron chi connectivity index (χ0n) is 9.86. The van der Waals surface area contributed by atoms with E-state index in [1.165, 1.54) is 0 Å². The largest absolute Gasteiger partial charge is 0.397 e. The van der Waals surface area contributed by atoms with Crippen LogP contribution in [-0.4, -0.2) is 23.7 Å². The number of nitrogens with two attached hydrogens (primary N) is 1. The Morgan fingerprint density at radius 2 is 2.31 bits per heavy atom. The number of hydrogen-bond acceptors (Lipinski definition) is 4. The van der Waals surface area contributed by atoms with Gasteiger partial charge in [-0.25, -0.2) is 4.98 Å². The van der Waals surface area contributed by atoms with Crippen LogP contribution in [0.2, 0.25) is 0 Å². The van der Waals surface area contributed by atoms with Crippen LogP contribution in [0.3, 0.4) is 0 Å². The molecule has 0 spiro atoms. The van der Waals surface area contributed by atoms with E-state index in [9.17, 15) is 0 Å². The van der Waals surface area contributed by atoms with Crippen molar-refractivity contribution in [3.8, 4) is 0 Å². The molecule has 2 atom stereocenters. The lowest BCUT2D eigenvalue weighted by Gasteiger charge is -2.28. The lowest BCUT2D eigenvalue weighted by Crippen LogP contribution is -2.32. The molecule has 2 rings (SSSR count). The van der Waals surface area contributed by atoms with Crippen LogP contribution in [0.4, 0.5) is 11.5 Å². The van der Waals surface area contributed by atoms with Gasteiger partial charge >= 0.3 is 0 Å². The highest BCUT2D eigenvalue weighted by Gasteiger charge is 2.19. The summed E-state index contributed by atoms with van der Waals surface area (Å²) >= 11 is 0. The summed E-state index contributed by atoms with van der Waals surface area (Å²) in [4.78, 5) is 4.41. The van der Waals surface area contributed by atoms with Crippen LogP contribution in [0.25, 0.3) is 0 Å². The van der Waals surface area contributed by atoms with Crippen LogP contribution in [0.5, 0.6) is 0 Å². The van der Waals surface area contributed by atoms with Crippen molar-refractivity contribution in [2.75, 3.05) is 17.7 Å². The van der Waals surface area contributed by atoms with Crippen LogP contribution in [0.15, 0.2) is 12.1 Å². The van der Waals surface area contributed by atoms with Gasteiger partial charge in [-0.1, -0.05) is 0 Å². The highest BCUT2D eigenvalue weighted by molar-refractivity contribution is 5.49. The van der Waals surface area contributed by atoms with Crippen molar-refractivity contribution in [2.24, 2.45) is 0 Å². The molecule has 1 aliphatic heterocycles. The minimum absolute atomic E-state index is 0.334. The van der Waals surface area contributed by atoms with E-state index in [0.29, 0.717) is 12.1 Å². The Balaban J connectivity index is 2.00. The lowest BCUT2D eigenvalue weighted by molar-refractivity contribution is 0.0232. The first kappa shape index (κ1) is 11.2. The molecule has 0 radical (unpaired) electrons. The zero-order valence-corrected chi connectivity index (χ0v) is 9.86. The SMILES string of the molecule is Cc1nc(NC2CCOC(C)C2)ccc1N. The summed E-state index contributed by atoms with van der Waals surface area (Å²) in [5.74, 6) is 0.908. The van der Waals surface area contributed by atoms with E-state index < -0.39 is 0 Å². The fourth-order valence-corrected chi connectivity index (χ4v) is 1.99. The first-order valence-electron chi connectivity index (χ1n) is 5.76. The van der Waals surface area contributed by atoms with Gasteiger partial charge in [-0.3, -0.25) is 0 Å². The molecule has 0 aliphatic carbocycles. The lowest BCUT2D eigenvalue weighted by atomic mass is 10.0. The van der Waals surface area contributed by atoms with Crippen molar-refractivity contribution in [1.82, 2.24) is 4.98 Å². The molecule has 4 nitrogen and oxygen atoms in total. The quantitative estimate of drug-likeness (QED) is 0.801. The minimum atomic E-state index is 0.334. The Morgan fingerprint density at radius 3 is 3.00 bits per heavy atom. The van der Waals surface area contributed by atoms with Gasteiger partial charge in [0.25, 0.3) is 0 Å². The maximum atomic E-state index is 5.73. The Kier molecular flexibility index (Phi) is 3.29. The highest BCUT2D eigenvalue weighted by Crippen LogP contribution is 2.19. The third-order valence-corrected chi connectivity index (χ3v) is 2.96. The average molecular weight is 221 g/mol. The predicted molar refractivity (Wildman–Crippen MR) is 65.4 cm³/mol. The van der Waals surface area contributed by atoms with Gasteiger partial charge in [-0.05, 0) is 38.8 Å². The van der Waals surface area contributed by atoms with Gasteiger partial charge in [0.1, 0.15) is 5.82 Å². The van der Waals surface area contributed by atoms with Gasteiger partial charge in [0.05, 0.1) is 17.5 Å². The highest BCUT2D eigenvalue weighted by atomic mass is 16.5. The summed E-state index contributed by atoms with van der Waals surface area (Å²) in [7, 11) is 0. The number of aromatic nitrogens is 1. The fourth-order valence-electron chi connectivity index (χ4n) is 1.99. The van der Waals surface area contributed by atoms with E-state index in [4.69, 9.17) is 10.5 Å². The molecule has 1 saturated heterocycles. The van der Waals surface area contributed by atoms with Crippen LogP contribution in [0.1, 0.15) is 25.5 Å². The Labute approximate surface area is 96.2 Å². The van der Waals surface area contributed by atoms with Gasteiger partial charge < -0.3 is 15.8 Å². The van der Waals surface area contributed by atoms with Gasteiger partial charge in [0, 0.05) is 12.6 Å². The number of rotatable bonds is 2. The Morgan fingerprint density at radius 1 is 1.50 bits per heavy atom. The molecule has 2 unspecified atom stereocenters. The second-order valence-corrected chi connectivity index (χ2v) is 4.42. The summed E-state index contributed by atoms with van der Waals surface area (Å²) in [5.41, 5.74) is 7.35. The molecule has 0 bridgehead atoms. The monoisotopic (exact) mass is 221 g/mol. The average Bonchev–Trinajstić information content (AvgIpc) is 2.24. The number of nitrogens with zero attached hydrogens (tertiary/aromatic N) is 1. The zero-order chi connectivity index (χ0) is 11.5. The summed E-state index contributed by atoms with van der Waals surface area (Å²) in [6.45, 7) is 4.86. The molecule has 1 aromatic rings. The van der Waals surface area contributed by atoms with E-state index in [-0.39, 0.29) is 0 Å². The molecule has 0 aromatic carbocycles. The van der Waals surface area contributed by atoms with Gasteiger partial charge in [0.2, 0.25) is 0 Å². The van der Waals surface area contributed by atoms with Crippen molar-refractivity contribution in [3.05, 3.63) is 17.8 Å². The summed E-state index contributed by atoms with van der Waals surface area (Å²) < 4.78 is 5.51. The molecule has 16 heavy (non-hydrogen) atoms. The second-order valence-electron chi connectivity index (χ2n) is 4.42. The Bertz CT molecular complexity index is 367. The van der Waals surface area contributed by atoms with E-state index >= 15 is 0 Å². The van der Waals surface area contributed by atoms with Crippen LogP contribution in [-0.2, 0) is 4.74 Å². The molecule has 0 amide bonds. The summed E-state index contributed by atoms with van der Waals surface area (Å²) in [6, 6.07) is 4.29. The van der Waals surface area contributed by atoms with Crippen molar-refractivity contribution in [1.29, 1.82) is 0 Å². The van der Waals surface area contributed by atoms with Crippen LogP contribution >= 0.6 is 0 Å². The first-order valence-corrected chi connectivity index (χ1v) is 5.76. The molecule has 1 aromatic heterocycles. The van der Waals surface area contributed by atoms with Crippen LogP contribution in [0, 0.1) is 6.92 Å². The smallest absolute Gasteiger partial charge is 0.126 e. The maximum absolute atomic E-state index is 5.73. The molecule has 1 fully saturated rings. The first-order chi connectivity index (χ1) is 7.65. The second kappa shape index (κ2) is 4.70. The molecule has 2 heterocycles. The minimum Gasteiger partial charge on any atom is -0.397 e. The molecule has 3 N–H and O–H groups in total. The number of nitrogen functional groups attached to an aromatic ring is 1.